The molecular formula is C37H45N5O6S. The molecule has 2 aromatic heterocycles. The number of ketones is 1. The maximum Gasteiger partial charge on any atom is 0.411 e. The molecule has 3 heterocycles. The number of fused-ring (bicyclic) bond motifs is 1. The van der Waals surface area contributed by atoms with E-state index >= 15 is 0 Å². The van der Waals surface area contributed by atoms with Crippen molar-refractivity contribution in [2.24, 2.45) is 11.8 Å². The zero-order valence-corrected chi connectivity index (χ0v) is 29.7. The third kappa shape index (κ3) is 7.64. The first kappa shape index (κ1) is 34.5. The zero-order chi connectivity index (χ0) is 35.1. The molecule has 2 N–H and O–H groups in total. The van der Waals surface area contributed by atoms with Gasteiger partial charge in [0.25, 0.3) is 0 Å². The van der Waals surface area contributed by atoms with E-state index in [9.17, 15) is 19.2 Å². The van der Waals surface area contributed by atoms with Gasteiger partial charge in [-0.05, 0) is 77.5 Å². The molecule has 12 heteroatoms. The smallest absolute Gasteiger partial charge is 0.411 e. The van der Waals surface area contributed by atoms with Crippen molar-refractivity contribution in [3.63, 3.8) is 0 Å². The predicted molar refractivity (Wildman–Crippen MR) is 188 cm³/mol. The fourth-order valence-electron chi connectivity index (χ4n) is 6.98. The van der Waals surface area contributed by atoms with Gasteiger partial charge in [-0.1, -0.05) is 25.0 Å². The number of benzene rings is 1. The molecule has 49 heavy (non-hydrogen) atoms. The van der Waals surface area contributed by atoms with E-state index in [1.165, 1.54) is 36.0 Å². The molecule has 260 valence electrons. The molecule has 0 spiro atoms. The number of likely N-dealkylation sites (tertiary alicyclic amines) is 1. The van der Waals surface area contributed by atoms with E-state index in [0.717, 1.165) is 23.8 Å². The van der Waals surface area contributed by atoms with Gasteiger partial charge in [0.1, 0.15) is 34.7 Å². The number of amides is 3. The van der Waals surface area contributed by atoms with E-state index in [0.29, 0.717) is 46.5 Å². The second-order valence-corrected chi connectivity index (χ2v) is 15.5. The van der Waals surface area contributed by atoms with Crippen LogP contribution in [-0.2, 0) is 19.1 Å². The molecule has 0 bridgehead atoms. The lowest BCUT2D eigenvalue weighted by atomic mass is 10.0. The summed E-state index contributed by atoms with van der Waals surface area (Å²) < 4.78 is 12.3. The average Bonchev–Trinajstić information content (AvgIpc) is 3.44. The third-order valence-corrected chi connectivity index (χ3v) is 10.4. The van der Waals surface area contributed by atoms with E-state index in [4.69, 9.17) is 14.5 Å². The van der Waals surface area contributed by atoms with Crippen molar-refractivity contribution in [1.82, 2.24) is 20.2 Å². The summed E-state index contributed by atoms with van der Waals surface area (Å²) in [7, 11) is 0. The van der Waals surface area contributed by atoms with Gasteiger partial charge in [-0.3, -0.25) is 19.3 Å². The molecule has 1 aliphatic heterocycles. The van der Waals surface area contributed by atoms with Crippen molar-refractivity contribution in [2.75, 3.05) is 11.9 Å². The summed E-state index contributed by atoms with van der Waals surface area (Å²) in [5.41, 5.74) is 1.11. The van der Waals surface area contributed by atoms with Crippen LogP contribution in [0.1, 0.15) is 78.2 Å². The molecule has 3 aromatic rings. The van der Waals surface area contributed by atoms with Gasteiger partial charge >= 0.3 is 6.09 Å². The van der Waals surface area contributed by atoms with Gasteiger partial charge in [-0.25, -0.2) is 14.8 Å². The second kappa shape index (κ2) is 13.5. The van der Waals surface area contributed by atoms with Crippen molar-refractivity contribution < 1.29 is 28.7 Å². The average molecular weight is 688 g/mol. The minimum atomic E-state index is -1.01. The number of thiazole rings is 1. The van der Waals surface area contributed by atoms with Gasteiger partial charge < -0.3 is 20.1 Å². The van der Waals surface area contributed by atoms with Gasteiger partial charge in [-0.15, -0.1) is 17.9 Å². The van der Waals surface area contributed by atoms with E-state index < -0.39 is 35.3 Å². The number of ether oxygens (including phenoxy) is 2. The molecule has 11 nitrogen and oxygen atoms in total. The summed E-state index contributed by atoms with van der Waals surface area (Å²) in [4.78, 5) is 63.4. The number of carbonyl (C=O) groups is 4. The summed E-state index contributed by atoms with van der Waals surface area (Å²) in [6.07, 6.45) is 6.21. The Hall–Kier alpha value is -4.32. The number of nitrogens with one attached hydrogen (secondary N) is 2. The van der Waals surface area contributed by atoms with Crippen molar-refractivity contribution in [1.29, 1.82) is 0 Å². The highest BCUT2D eigenvalue weighted by molar-refractivity contribution is 7.14. The van der Waals surface area contributed by atoms with Crippen LogP contribution in [-0.4, -0.2) is 68.4 Å². The van der Waals surface area contributed by atoms with Crippen LogP contribution in [0.2, 0.25) is 0 Å². The maximum absolute atomic E-state index is 13.8. The first-order valence-electron chi connectivity index (χ1n) is 17.0. The summed E-state index contributed by atoms with van der Waals surface area (Å²) in [6, 6.07) is 6.78. The Balaban J connectivity index is 1.25. The summed E-state index contributed by atoms with van der Waals surface area (Å²) in [5, 5.41) is 9.03. The number of aromatic nitrogens is 2. The lowest BCUT2D eigenvalue weighted by Gasteiger charge is -2.28. The lowest BCUT2D eigenvalue weighted by molar-refractivity contribution is -0.130. The molecule has 6 rings (SSSR count). The Bertz CT molecular complexity index is 1790. The lowest BCUT2D eigenvalue weighted by Crippen LogP contribution is -2.53. The topological polar surface area (TPSA) is 140 Å². The molecule has 2 aliphatic carbocycles. The molecule has 1 aromatic carbocycles. The molecule has 2 saturated carbocycles. The van der Waals surface area contributed by atoms with Gasteiger partial charge in [0.05, 0.1) is 17.8 Å². The number of nitrogens with zero attached hydrogens (tertiary/aromatic N) is 3. The van der Waals surface area contributed by atoms with Gasteiger partial charge in [0, 0.05) is 35.6 Å². The number of carbonyl (C=O) groups excluding carboxylic acids is 4. The first-order chi connectivity index (χ1) is 23.2. The largest absolute Gasteiger partial charge is 0.488 e. The fraction of sp³-hybridized carbons (Fsp3) is 0.514. The highest BCUT2D eigenvalue weighted by Gasteiger charge is 2.58. The van der Waals surface area contributed by atoms with E-state index in [1.807, 2.05) is 36.6 Å². The highest BCUT2D eigenvalue weighted by atomic mass is 32.1. The number of hydrogen-bond acceptors (Lipinski definition) is 9. The minimum absolute atomic E-state index is 0.0239. The minimum Gasteiger partial charge on any atom is -0.488 e. The zero-order valence-electron chi connectivity index (χ0n) is 28.8. The number of rotatable bonds is 10. The molecule has 1 saturated heterocycles. The molecule has 0 radical (unpaired) electrons. The fourth-order valence-corrected chi connectivity index (χ4v) is 7.70. The maximum atomic E-state index is 13.8. The Kier molecular flexibility index (Phi) is 9.54. The van der Waals surface area contributed by atoms with Crippen LogP contribution >= 0.6 is 11.3 Å². The van der Waals surface area contributed by atoms with E-state index in [1.54, 1.807) is 26.8 Å². The standard InChI is InChI=1S/C37H45N5O6S/c1-7-24-18-37(24,22(3)43)41-33(45)30-16-25(19-42(30)35(46)48-36(4,5)6)47-31-17-28(38-27-14-21(2)12-13-26(27)31)29-20-49-34(39-29)40-32(44)15-23-10-8-9-11-23/h7,12-14,17,20,23-25,30H,1,8-11,15-16,18-19H2,2-6H3,(H,41,45)(H,39,40,44)/t24-,25-,30+,37+/m1/s1. The Morgan fingerprint density at radius 2 is 1.88 bits per heavy atom. The van der Waals surface area contributed by atoms with Crippen molar-refractivity contribution in [3.8, 4) is 17.1 Å². The van der Waals surface area contributed by atoms with Crippen LogP contribution in [0.5, 0.6) is 5.75 Å². The van der Waals surface area contributed by atoms with Crippen LogP contribution < -0.4 is 15.4 Å². The summed E-state index contributed by atoms with van der Waals surface area (Å²) in [5.74, 6) is 0.204. The van der Waals surface area contributed by atoms with Crippen LogP contribution in [0.25, 0.3) is 22.3 Å². The van der Waals surface area contributed by atoms with E-state index in [-0.39, 0.29) is 30.6 Å². The van der Waals surface area contributed by atoms with Gasteiger partial charge in [-0.2, -0.15) is 0 Å². The molecule has 0 unspecified atom stereocenters. The third-order valence-electron chi connectivity index (χ3n) is 9.65. The van der Waals surface area contributed by atoms with Crippen molar-refractivity contribution in [3.05, 3.63) is 47.9 Å². The normalized spacial score (nSPS) is 23.7. The number of Topliss-reactive ketones (excluding diaryl/α,β-unsaturated/α-hetero) is 1. The van der Waals surface area contributed by atoms with Crippen molar-refractivity contribution >= 4 is 51.1 Å². The SMILES string of the molecule is C=C[C@@H]1C[C@]1(NC(=O)[C@@H]1C[C@@H](Oc2cc(-c3csc(NC(=O)CC4CCCC4)n3)nc3cc(C)ccc23)CN1C(=O)OC(C)(C)C)C(C)=O. The Morgan fingerprint density at radius 3 is 2.55 bits per heavy atom. The molecule has 3 fully saturated rings. The number of aryl methyl sites for hydroxylation is 1. The quantitative estimate of drug-likeness (QED) is 0.228. The predicted octanol–water partition coefficient (Wildman–Crippen LogP) is 6.59. The molecule has 3 amide bonds. The first-order valence-corrected chi connectivity index (χ1v) is 17.9. The van der Waals surface area contributed by atoms with Gasteiger partial charge in [0.2, 0.25) is 11.8 Å². The van der Waals surface area contributed by atoms with Gasteiger partial charge in [0.15, 0.2) is 10.9 Å². The Labute approximate surface area is 290 Å². The summed E-state index contributed by atoms with van der Waals surface area (Å²) >= 11 is 1.35. The monoisotopic (exact) mass is 687 g/mol. The van der Waals surface area contributed by atoms with Crippen LogP contribution in [0, 0.1) is 18.8 Å². The Morgan fingerprint density at radius 1 is 1.12 bits per heavy atom. The number of pyridine rings is 1. The molecule has 4 atom stereocenters. The van der Waals surface area contributed by atoms with Crippen LogP contribution in [0.4, 0.5) is 9.93 Å². The van der Waals surface area contributed by atoms with Crippen LogP contribution in [0.3, 0.4) is 0 Å². The molecule has 3 aliphatic rings. The molecular weight excluding hydrogens is 643 g/mol. The van der Waals surface area contributed by atoms with Crippen LogP contribution in [0.15, 0.2) is 42.3 Å². The number of anilines is 1. The van der Waals surface area contributed by atoms with E-state index in [2.05, 4.69) is 22.2 Å². The van der Waals surface area contributed by atoms with Crippen molar-refractivity contribution in [2.45, 2.75) is 103 Å². The summed E-state index contributed by atoms with van der Waals surface area (Å²) in [6.45, 7) is 12.7. The highest BCUT2D eigenvalue weighted by Crippen LogP contribution is 2.45. The second-order valence-electron chi connectivity index (χ2n) is 14.7. The number of hydrogen-bond donors (Lipinski definition) is 2.